The summed E-state index contributed by atoms with van der Waals surface area (Å²) in [7, 11) is 0. The molecule has 3 rings (SSSR count). The molecule has 158 valence electrons. The van der Waals surface area contributed by atoms with Crippen molar-refractivity contribution < 1.29 is 18.8 Å². The molecule has 0 aromatic heterocycles. The standard InChI is InChI=1S/C25H23FN2O3/c1-25(2,3)28-23(30)17-10-14-19(15-11-17)27-24(31)21-7-5-4-6-20(21)22(29)16-8-12-18(26)13-9-16/h4-15H,1-3H3,(H,27,31)(H,28,30). The summed E-state index contributed by atoms with van der Waals surface area (Å²) < 4.78 is 13.2. The Hall–Kier alpha value is -3.80. The lowest BCUT2D eigenvalue weighted by Crippen LogP contribution is -2.40. The van der Waals surface area contributed by atoms with Crippen molar-refractivity contribution in [1.82, 2.24) is 5.32 Å². The Morgan fingerprint density at radius 2 is 1.26 bits per heavy atom. The lowest BCUT2D eigenvalue weighted by atomic mass is 9.98. The maximum absolute atomic E-state index is 13.2. The van der Waals surface area contributed by atoms with Crippen LogP contribution >= 0.6 is 0 Å². The van der Waals surface area contributed by atoms with Crippen molar-refractivity contribution in [2.24, 2.45) is 0 Å². The fourth-order valence-electron chi connectivity index (χ4n) is 2.95. The number of carbonyl (C=O) groups excluding carboxylic acids is 3. The van der Waals surface area contributed by atoms with Gasteiger partial charge in [0.15, 0.2) is 5.78 Å². The normalized spacial score (nSPS) is 11.0. The van der Waals surface area contributed by atoms with Crippen molar-refractivity contribution in [3.8, 4) is 0 Å². The molecule has 0 bridgehead atoms. The van der Waals surface area contributed by atoms with Gasteiger partial charge in [-0.1, -0.05) is 18.2 Å². The third-order valence-electron chi connectivity index (χ3n) is 4.42. The first-order valence-electron chi connectivity index (χ1n) is 9.77. The Balaban J connectivity index is 1.78. The average Bonchev–Trinajstić information content (AvgIpc) is 2.73. The number of ketones is 1. The monoisotopic (exact) mass is 418 g/mol. The molecule has 0 aliphatic carbocycles. The molecule has 2 amide bonds. The largest absolute Gasteiger partial charge is 0.347 e. The van der Waals surface area contributed by atoms with Crippen molar-refractivity contribution in [3.63, 3.8) is 0 Å². The van der Waals surface area contributed by atoms with Gasteiger partial charge in [0.25, 0.3) is 11.8 Å². The van der Waals surface area contributed by atoms with Crippen LogP contribution in [0.15, 0.2) is 72.8 Å². The lowest BCUT2D eigenvalue weighted by Gasteiger charge is -2.20. The predicted molar refractivity (Wildman–Crippen MR) is 118 cm³/mol. The molecule has 0 aliphatic heterocycles. The van der Waals surface area contributed by atoms with Crippen LogP contribution < -0.4 is 10.6 Å². The minimum absolute atomic E-state index is 0.200. The molecule has 3 aromatic rings. The number of nitrogens with one attached hydrogen (secondary N) is 2. The molecule has 0 heterocycles. The van der Waals surface area contributed by atoms with Crippen LogP contribution in [-0.2, 0) is 0 Å². The van der Waals surface area contributed by atoms with Crippen LogP contribution in [0.4, 0.5) is 10.1 Å². The first-order valence-corrected chi connectivity index (χ1v) is 9.77. The number of benzene rings is 3. The number of carbonyl (C=O) groups is 3. The maximum atomic E-state index is 13.2. The Morgan fingerprint density at radius 3 is 1.84 bits per heavy atom. The minimum atomic E-state index is -0.460. The molecule has 0 saturated carbocycles. The van der Waals surface area contributed by atoms with Gasteiger partial charge in [-0.3, -0.25) is 14.4 Å². The van der Waals surface area contributed by atoms with E-state index in [9.17, 15) is 18.8 Å². The molecule has 0 spiro atoms. The number of hydrogen-bond acceptors (Lipinski definition) is 3. The van der Waals surface area contributed by atoms with Gasteiger partial charge in [-0.15, -0.1) is 0 Å². The summed E-state index contributed by atoms with van der Waals surface area (Å²) in [4.78, 5) is 37.9. The summed E-state index contributed by atoms with van der Waals surface area (Å²) in [6, 6.07) is 18.1. The molecule has 0 saturated heterocycles. The smallest absolute Gasteiger partial charge is 0.256 e. The summed E-state index contributed by atoms with van der Waals surface area (Å²) in [5, 5.41) is 5.62. The van der Waals surface area contributed by atoms with Gasteiger partial charge >= 0.3 is 0 Å². The molecular weight excluding hydrogens is 395 g/mol. The van der Waals surface area contributed by atoms with E-state index in [1.807, 2.05) is 20.8 Å². The van der Waals surface area contributed by atoms with Crippen LogP contribution in [-0.4, -0.2) is 23.1 Å². The number of anilines is 1. The second-order valence-corrected chi connectivity index (χ2v) is 8.12. The SMILES string of the molecule is CC(C)(C)NC(=O)c1ccc(NC(=O)c2ccccc2C(=O)c2ccc(F)cc2)cc1. The first-order chi connectivity index (χ1) is 14.6. The highest BCUT2D eigenvalue weighted by Crippen LogP contribution is 2.18. The van der Waals surface area contributed by atoms with E-state index in [4.69, 9.17) is 0 Å². The molecule has 5 nitrogen and oxygen atoms in total. The molecule has 31 heavy (non-hydrogen) atoms. The van der Waals surface area contributed by atoms with Gasteiger partial charge in [-0.25, -0.2) is 4.39 Å². The van der Waals surface area contributed by atoms with Crippen LogP contribution in [0.25, 0.3) is 0 Å². The topological polar surface area (TPSA) is 75.3 Å². The first kappa shape index (κ1) is 21.9. The van der Waals surface area contributed by atoms with Crippen molar-refractivity contribution in [1.29, 1.82) is 0 Å². The Bertz CT molecular complexity index is 1110. The number of hydrogen-bond donors (Lipinski definition) is 2. The van der Waals surface area contributed by atoms with Gasteiger partial charge in [0.05, 0.1) is 5.56 Å². The van der Waals surface area contributed by atoms with E-state index in [-0.39, 0.29) is 33.9 Å². The fraction of sp³-hybridized carbons (Fsp3) is 0.160. The molecule has 0 radical (unpaired) electrons. The quantitative estimate of drug-likeness (QED) is 0.583. The van der Waals surface area contributed by atoms with Crippen LogP contribution in [0.1, 0.15) is 57.4 Å². The summed E-state index contributed by atoms with van der Waals surface area (Å²) in [6.07, 6.45) is 0. The third kappa shape index (κ3) is 5.63. The van der Waals surface area contributed by atoms with Crippen LogP contribution in [0.3, 0.4) is 0 Å². The van der Waals surface area contributed by atoms with Crippen LogP contribution in [0.5, 0.6) is 0 Å². The molecule has 0 unspecified atom stereocenters. The molecule has 0 fully saturated rings. The number of rotatable bonds is 5. The van der Waals surface area contributed by atoms with Crippen molar-refractivity contribution >= 4 is 23.3 Å². The van der Waals surface area contributed by atoms with Gasteiger partial charge in [0.2, 0.25) is 0 Å². The van der Waals surface area contributed by atoms with E-state index in [0.29, 0.717) is 11.3 Å². The van der Waals surface area contributed by atoms with E-state index in [1.54, 1.807) is 48.5 Å². The Morgan fingerprint density at radius 1 is 0.710 bits per heavy atom. The van der Waals surface area contributed by atoms with Gasteiger partial charge in [0.1, 0.15) is 5.82 Å². The van der Waals surface area contributed by atoms with E-state index >= 15 is 0 Å². The van der Waals surface area contributed by atoms with Gasteiger partial charge in [-0.05, 0) is 75.4 Å². The van der Waals surface area contributed by atoms with Gasteiger partial charge in [0, 0.05) is 27.9 Å². The summed E-state index contributed by atoms with van der Waals surface area (Å²) in [5.41, 5.74) is 1.31. The minimum Gasteiger partial charge on any atom is -0.347 e. The van der Waals surface area contributed by atoms with Crippen molar-refractivity contribution in [3.05, 3.63) is 101 Å². The van der Waals surface area contributed by atoms with Crippen molar-refractivity contribution in [2.45, 2.75) is 26.3 Å². The second kappa shape index (κ2) is 8.92. The molecular formula is C25H23FN2O3. The van der Waals surface area contributed by atoms with Crippen molar-refractivity contribution in [2.75, 3.05) is 5.32 Å². The second-order valence-electron chi connectivity index (χ2n) is 8.12. The van der Waals surface area contributed by atoms with E-state index in [2.05, 4.69) is 10.6 Å². The van der Waals surface area contributed by atoms with Gasteiger partial charge < -0.3 is 10.6 Å². The summed E-state index contributed by atoms with van der Waals surface area (Å²) in [6.45, 7) is 5.68. The zero-order valence-corrected chi connectivity index (χ0v) is 17.5. The fourth-order valence-corrected chi connectivity index (χ4v) is 2.95. The maximum Gasteiger partial charge on any atom is 0.256 e. The Kier molecular flexibility index (Phi) is 6.30. The predicted octanol–water partition coefficient (Wildman–Crippen LogP) is 4.84. The zero-order valence-electron chi connectivity index (χ0n) is 17.5. The number of halogens is 1. The summed E-state index contributed by atoms with van der Waals surface area (Å²) in [5.74, 6) is -1.49. The zero-order chi connectivity index (χ0) is 22.6. The third-order valence-corrected chi connectivity index (χ3v) is 4.42. The van der Waals surface area contributed by atoms with Gasteiger partial charge in [-0.2, -0.15) is 0 Å². The highest BCUT2D eigenvalue weighted by atomic mass is 19.1. The Labute approximate surface area is 180 Å². The molecule has 0 aliphatic rings. The number of amides is 2. The highest BCUT2D eigenvalue weighted by Gasteiger charge is 2.19. The van der Waals surface area contributed by atoms with E-state index < -0.39 is 11.7 Å². The molecule has 0 atom stereocenters. The van der Waals surface area contributed by atoms with Crippen LogP contribution in [0.2, 0.25) is 0 Å². The highest BCUT2D eigenvalue weighted by molar-refractivity contribution is 6.17. The molecule has 6 heteroatoms. The molecule has 3 aromatic carbocycles. The average molecular weight is 418 g/mol. The summed E-state index contributed by atoms with van der Waals surface area (Å²) >= 11 is 0. The molecule has 2 N–H and O–H groups in total. The van der Waals surface area contributed by atoms with E-state index in [1.165, 1.54) is 24.3 Å². The van der Waals surface area contributed by atoms with Crippen LogP contribution in [0, 0.1) is 5.82 Å². The van der Waals surface area contributed by atoms with E-state index in [0.717, 1.165) is 0 Å². The lowest BCUT2D eigenvalue weighted by molar-refractivity contribution is 0.0918.